The number of halogens is 1. The predicted molar refractivity (Wildman–Crippen MR) is 83.6 cm³/mol. The van der Waals surface area contributed by atoms with Crippen molar-refractivity contribution in [3.05, 3.63) is 40.7 Å². The summed E-state index contributed by atoms with van der Waals surface area (Å²) in [5, 5.41) is 4.81. The minimum Gasteiger partial charge on any atom is -0.375 e. The molecule has 0 aliphatic rings. The first-order valence-corrected chi connectivity index (χ1v) is 7.70. The molecule has 2 rings (SSSR count). The monoisotopic (exact) mass is 311 g/mol. The van der Waals surface area contributed by atoms with Crippen molar-refractivity contribution in [3.63, 3.8) is 0 Å². The van der Waals surface area contributed by atoms with Crippen LogP contribution in [0, 0.1) is 0 Å². The van der Waals surface area contributed by atoms with Crippen LogP contribution in [0.15, 0.2) is 24.3 Å². The summed E-state index contributed by atoms with van der Waals surface area (Å²) in [7, 11) is 0. The van der Waals surface area contributed by atoms with E-state index in [4.69, 9.17) is 16.3 Å². The summed E-state index contributed by atoms with van der Waals surface area (Å²) in [6.07, 6.45) is 0. The summed E-state index contributed by atoms with van der Waals surface area (Å²) < 4.78 is 9.87. The molecule has 0 aliphatic carbocycles. The Labute approximate surface area is 128 Å². The van der Waals surface area contributed by atoms with Crippen molar-refractivity contribution in [2.75, 3.05) is 18.5 Å². The number of ether oxygens (including phenoxy) is 1. The van der Waals surface area contributed by atoms with Crippen LogP contribution in [0.25, 0.3) is 0 Å². The highest BCUT2D eigenvalue weighted by Crippen LogP contribution is 2.16. The lowest BCUT2D eigenvalue weighted by molar-refractivity contribution is 0.130. The molecule has 2 aromatic rings. The molecule has 4 nitrogen and oxygen atoms in total. The van der Waals surface area contributed by atoms with Gasteiger partial charge >= 0.3 is 0 Å². The van der Waals surface area contributed by atoms with Crippen LogP contribution >= 0.6 is 23.1 Å². The van der Waals surface area contributed by atoms with Gasteiger partial charge in [0.15, 0.2) is 0 Å². The van der Waals surface area contributed by atoms with Crippen LogP contribution in [0.4, 0.5) is 5.13 Å². The van der Waals surface area contributed by atoms with E-state index in [9.17, 15) is 0 Å². The zero-order chi connectivity index (χ0) is 14.4. The molecule has 0 fully saturated rings. The largest absolute Gasteiger partial charge is 0.375 e. The third-order valence-corrected chi connectivity index (χ3v) is 3.60. The van der Waals surface area contributed by atoms with Gasteiger partial charge in [-0.25, -0.2) is 4.98 Å². The third kappa shape index (κ3) is 4.74. The molecule has 108 valence electrons. The maximum Gasteiger partial charge on any atom is 0.202 e. The van der Waals surface area contributed by atoms with Crippen LogP contribution < -0.4 is 5.32 Å². The van der Waals surface area contributed by atoms with E-state index >= 15 is 0 Å². The fraction of sp³-hybridized carbons (Fsp3) is 0.429. The Morgan fingerprint density at radius 2 is 2.05 bits per heavy atom. The van der Waals surface area contributed by atoms with E-state index in [0.29, 0.717) is 19.1 Å². The van der Waals surface area contributed by atoms with Crippen LogP contribution in [0.5, 0.6) is 0 Å². The van der Waals surface area contributed by atoms with E-state index in [1.54, 1.807) is 0 Å². The van der Waals surface area contributed by atoms with Crippen molar-refractivity contribution in [2.24, 2.45) is 0 Å². The van der Waals surface area contributed by atoms with E-state index in [1.807, 2.05) is 24.3 Å². The fourth-order valence-electron chi connectivity index (χ4n) is 1.54. The Hall–Kier alpha value is -1.17. The lowest BCUT2D eigenvalue weighted by Gasteiger charge is -2.05. The molecule has 20 heavy (non-hydrogen) atoms. The second kappa shape index (κ2) is 7.57. The Bertz CT molecular complexity index is 527. The van der Waals surface area contributed by atoms with Crippen molar-refractivity contribution in [1.82, 2.24) is 9.36 Å². The first-order valence-electron chi connectivity index (χ1n) is 6.55. The van der Waals surface area contributed by atoms with Gasteiger partial charge in [0.1, 0.15) is 5.82 Å². The molecule has 0 saturated heterocycles. The number of aromatic nitrogens is 2. The third-order valence-electron chi connectivity index (χ3n) is 2.66. The van der Waals surface area contributed by atoms with Gasteiger partial charge in [0.05, 0.1) is 13.2 Å². The SMILES string of the molecule is CC(C)c1nsc(NCCOCc2ccc(Cl)cc2)n1. The number of anilines is 1. The Morgan fingerprint density at radius 3 is 2.70 bits per heavy atom. The maximum absolute atomic E-state index is 5.82. The molecule has 1 N–H and O–H groups in total. The summed E-state index contributed by atoms with van der Waals surface area (Å²) in [6, 6.07) is 7.67. The lowest BCUT2D eigenvalue weighted by Crippen LogP contribution is -2.09. The minimum absolute atomic E-state index is 0.364. The average molecular weight is 312 g/mol. The maximum atomic E-state index is 5.82. The molecule has 0 aliphatic heterocycles. The fourth-order valence-corrected chi connectivity index (χ4v) is 2.40. The van der Waals surface area contributed by atoms with Gasteiger partial charge in [0.2, 0.25) is 5.13 Å². The van der Waals surface area contributed by atoms with Crippen molar-refractivity contribution in [3.8, 4) is 0 Å². The van der Waals surface area contributed by atoms with Gasteiger partial charge in [0, 0.05) is 29.0 Å². The Kier molecular flexibility index (Phi) is 5.76. The number of nitrogens with one attached hydrogen (secondary N) is 1. The normalized spacial score (nSPS) is 11.0. The molecule has 1 aromatic heterocycles. The molecule has 0 saturated carbocycles. The van der Waals surface area contributed by atoms with Crippen LogP contribution in [0.1, 0.15) is 31.2 Å². The van der Waals surface area contributed by atoms with Crippen LogP contribution in [-0.2, 0) is 11.3 Å². The van der Waals surface area contributed by atoms with E-state index in [1.165, 1.54) is 11.5 Å². The number of rotatable bonds is 7. The van der Waals surface area contributed by atoms with E-state index < -0.39 is 0 Å². The molecule has 1 aromatic carbocycles. The second-order valence-corrected chi connectivity index (χ2v) is 5.91. The molecule has 0 atom stereocenters. The molecular formula is C14H18ClN3OS. The topological polar surface area (TPSA) is 47.0 Å². The van der Waals surface area contributed by atoms with Gasteiger partial charge in [-0.1, -0.05) is 37.6 Å². The number of nitrogens with zero attached hydrogens (tertiary/aromatic N) is 2. The quantitative estimate of drug-likeness (QED) is 0.787. The predicted octanol–water partition coefficient (Wildman–Crippen LogP) is 3.94. The Morgan fingerprint density at radius 1 is 1.30 bits per heavy atom. The van der Waals surface area contributed by atoms with Crippen molar-refractivity contribution >= 4 is 28.3 Å². The summed E-state index contributed by atoms with van der Waals surface area (Å²) in [6.45, 7) is 6.11. The highest BCUT2D eigenvalue weighted by Gasteiger charge is 2.06. The molecular weight excluding hydrogens is 294 g/mol. The molecule has 6 heteroatoms. The van der Waals surface area contributed by atoms with E-state index in [0.717, 1.165) is 28.1 Å². The molecule has 0 bridgehead atoms. The van der Waals surface area contributed by atoms with Gasteiger partial charge in [-0.2, -0.15) is 4.37 Å². The minimum atomic E-state index is 0.364. The van der Waals surface area contributed by atoms with Crippen LogP contribution in [-0.4, -0.2) is 22.5 Å². The Balaban J connectivity index is 1.65. The van der Waals surface area contributed by atoms with E-state index in [2.05, 4.69) is 28.5 Å². The highest BCUT2D eigenvalue weighted by molar-refractivity contribution is 7.09. The first kappa shape index (κ1) is 15.2. The zero-order valence-electron chi connectivity index (χ0n) is 11.6. The summed E-state index contributed by atoms with van der Waals surface area (Å²) in [5.74, 6) is 1.25. The van der Waals surface area contributed by atoms with Gasteiger partial charge < -0.3 is 10.1 Å². The van der Waals surface area contributed by atoms with Gasteiger partial charge in [0.25, 0.3) is 0 Å². The molecule has 1 heterocycles. The molecule has 0 spiro atoms. The summed E-state index contributed by atoms with van der Waals surface area (Å²) in [4.78, 5) is 4.40. The highest BCUT2D eigenvalue weighted by atomic mass is 35.5. The van der Waals surface area contributed by atoms with Gasteiger partial charge in [-0.05, 0) is 17.7 Å². The standard InChI is InChI=1S/C14H18ClN3OS/c1-10(2)13-17-14(20-18-13)16-7-8-19-9-11-3-5-12(15)6-4-11/h3-6,10H,7-9H2,1-2H3,(H,16,17,18). The number of hydrogen-bond donors (Lipinski definition) is 1. The first-order chi connectivity index (χ1) is 9.65. The summed E-state index contributed by atoms with van der Waals surface area (Å²) >= 11 is 7.22. The van der Waals surface area contributed by atoms with E-state index in [-0.39, 0.29) is 0 Å². The van der Waals surface area contributed by atoms with Gasteiger partial charge in [-0.3, -0.25) is 0 Å². The van der Waals surface area contributed by atoms with Gasteiger partial charge in [-0.15, -0.1) is 0 Å². The van der Waals surface area contributed by atoms with Crippen molar-refractivity contribution in [2.45, 2.75) is 26.4 Å². The lowest BCUT2D eigenvalue weighted by atomic mass is 10.2. The second-order valence-electron chi connectivity index (χ2n) is 4.72. The molecule has 0 amide bonds. The number of hydrogen-bond acceptors (Lipinski definition) is 5. The summed E-state index contributed by atoms with van der Waals surface area (Å²) in [5.41, 5.74) is 1.12. The molecule has 0 unspecified atom stereocenters. The van der Waals surface area contributed by atoms with Crippen molar-refractivity contribution < 1.29 is 4.74 Å². The van der Waals surface area contributed by atoms with Crippen molar-refractivity contribution in [1.29, 1.82) is 0 Å². The number of benzene rings is 1. The van der Waals surface area contributed by atoms with Crippen LogP contribution in [0.2, 0.25) is 5.02 Å². The average Bonchev–Trinajstić information content (AvgIpc) is 2.89. The smallest absolute Gasteiger partial charge is 0.202 e. The zero-order valence-corrected chi connectivity index (χ0v) is 13.2. The van der Waals surface area contributed by atoms with Crippen LogP contribution in [0.3, 0.4) is 0 Å². The molecule has 0 radical (unpaired) electrons.